The molecule has 52 heavy (non-hydrogen) atoms. The third kappa shape index (κ3) is 7.00. The van der Waals surface area contributed by atoms with Gasteiger partial charge in [0.15, 0.2) is 12.6 Å². The van der Waals surface area contributed by atoms with Crippen molar-refractivity contribution in [1.29, 1.82) is 0 Å². The van der Waals surface area contributed by atoms with E-state index in [1.54, 1.807) is 23.2 Å². The molecule has 2 aromatic carbocycles. The smallest absolute Gasteiger partial charge is 0.410 e. The van der Waals surface area contributed by atoms with Crippen LogP contribution in [-0.2, 0) is 16.1 Å². The van der Waals surface area contributed by atoms with Crippen LogP contribution < -0.4 is 9.47 Å². The largest absolute Gasteiger partial charge is 0.467 e. The van der Waals surface area contributed by atoms with Crippen molar-refractivity contribution in [1.82, 2.24) is 24.8 Å². The first kappa shape index (κ1) is 34.9. The number of benzene rings is 2. The number of aromatic nitrogens is 3. The Balaban J connectivity index is 1.12. The molecule has 0 N–H and O–H groups in total. The monoisotopic (exact) mass is 733 g/mol. The molecule has 0 bridgehead atoms. The lowest BCUT2D eigenvalue weighted by molar-refractivity contribution is 0.0511. The summed E-state index contributed by atoms with van der Waals surface area (Å²) in [5.74, 6) is -0.0972. The first-order valence-corrected chi connectivity index (χ1v) is 18.5. The van der Waals surface area contributed by atoms with Gasteiger partial charge in [0.05, 0.1) is 11.2 Å². The second-order valence-corrected chi connectivity index (χ2v) is 14.8. The summed E-state index contributed by atoms with van der Waals surface area (Å²) in [7, 11) is 1.52. The number of nitrogens with zero attached hydrogens (tertiary/aromatic N) is 5. The molecule has 2 aromatic heterocycles. The first-order chi connectivity index (χ1) is 25.3. The van der Waals surface area contributed by atoms with E-state index in [9.17, 15) is 9.18 Å². The Kier molecular flexibility index (Phi) is 9.88. The maximum Gasteiger partial charge on any atom is 0.410 e. The van der Waals surface area contributed by atoms with E-state index in [2.05, 4.69) is 14.9 Å². The zero-order valence-electron chi connectivity index (χ0n) is 29.2. The Labute approximate surface area is 306 Å². The van der Waals surface area contributed by atoms with Crippen LogP contribution in [0.15, 0.2) is 48.7 Å². The summed E-state index contributed by atoms with van der Waals surface area (Å²) in [4.78, 5) is 31.0. The maximum atomic E-state index is 17.0. The molecular formula is C39H42ClF2N5O5. The molecule has 1 saturated carbocycles. The van der Waals surface area contributed by atoms with E-state index < -0.39 is 17.5 Å². The molecule has 1 amide bonds. The Hall–Kier alpha value is -4.13. The topological polar surface area (TPSA) is 99.1 Å². The quantitative estimate of drug-likeness (QED) is 0.143. The number of carbonyl (C=O) groups excluding carboxylic acids is 1. The van der Waals surface area contributed by atoms with Crippen molar-refractivity contribution in [3.63, 3.8) is 0 Å². The number of ether oxygens (including phenoxy) is 4. The molecule has 0 spiro atoms. The molecule has 2 atom stereocenters. The van der Waals surface area contributed by atoms with Gasteiger partial charge < -0.3 is 23.8 Å². The van der Waals surface area contributed by atoms with Crippen molar-refractivity contribution >= 4 is 28.6 Å². The van der Waals surface area contributed by atoms with Crippen molar-refractivity contribution in [2.24, 2.45) is 0 Å². The molecule has 8 rings (SSSR count). The number of methoxy groups -OCH3 is 1. The number of rotatable bonds is 11. The van der Waals surface area contributed by atoms with E-state index >= 15 is 4.39 Å². The number of halogens is 3. The number of hydrogen-bond acceptors (Lipinski definition) is 9. The van der Waals surface area contributed by atoms with Crippen LogP contribution in [0.5, 0.6) is 11.8 Å². The number of pyridine rings is 1. The minimum atomic E-state index is -0.913. The molecule has 4 aromatic rings. The molecule has 3 aliphatic heterocycles. The molecule has 0 radical (unpaired) electrons. The third-order valence-electron chi connectivity index (χ3n) is 11.0. The minimum absolute atomic E-state index is 0.00902. The van der Waals surface area contributed by atoms with Crippen molar-refractivity contribution in [3.8, 4) is 23.0 Å². The van der Waals surface area contributed by atoms with Gasteiger partial charge in [-0.15, -0.1) is 0 Å². The molecule has 4 fully saturated rings. The van der Waals surface area contributed by atoms with E-state index in [-0.39, 0.29) is 55.2 Å². The van der Waals surface area contributed by atoms with Crippen molar-refractivity contribution in [2.75, 3.05) is 46.7 Å². The predicted octanol–water partition coefficient (Wildman–Crippen LogP) is 7.82. The maximum absolute atomic E-state index is 17.0. The van der Waals surface area contributed by atoms with E-state index in [0.717, 1.165) is 43.4 Å². The van der Waals surface area contributed by atoms with Crippen molar-refractivity contribution in [3.05, 3.63) is 76.3 Å². The number of alkyl halides is 1. The molecule has 10 nitrogen and oxygen atoms in total. The molecule has 4 aliphatic rings. The van der Waals surface area contributed by atoms with Gasteiger partial charge in [-0.25, -0.2) is 13.6 Å². The molecule has 274 valence electrons. The van der Waals surface area contributed by atoms with E-state index in [1.807, 2.05) is 30.3 Å². The number of amides is 1. The Morgan fingerprint density at radius 1 is 1.04 bits per heavy atom. The summed E-state index contributed by atoms with van der Waals surface area (Å²) in [5, 5.41) is 0.965. The van der Waals surface area contributed by atoms with Crippen molar-refractivity contribution < 1.29 is 32.5 Å². The number of carbonyl (C=O) groups is 1. The van der Waals surface area contributed by atoms with Gasteiger partial charge in [-0.3, -0.25) is 9.88 Å². The fourth-order valence-electron chi connectivity index (χ4n) is 8.20. The summed E-state index contributed by atoms with van der Waals surface area (Å²) in [6, 6.07) is 13.1. The summed E-state index contributed by atoms with van der Waals surface area (Å²) >= 11 is 6.78. The highest BCUT2D eigenvalue weighted by atomic mass is 35.5. The summed E-state index contributed by atoms with van der Waals surface area (Å²) < 4.78 is 54.3. The molecule has 0 unspecified atom stereocenters. The van der Waals surface area contributed by atoms with Gasteiger partial charge in [-0.1, -0.05) is 41.9 Å². The minimum Gasteiger partial charge on any atom is -0.467 e. The standard InChI is InChI=1S/C39H42ClF2N5O5/c1-49-23-52-28-16-29(32(25-8-9-25)31(40)17-28)35-33(42)36-30(19-43-35)34(44-37(45-36)51-22-39-12-5-13-47(39)20-27(41)18-39)26-10-14-46(15-11-26)38(48)50-21-24-6-3-2-4-7-24/h2-4,6-7,16-17,19,25-27H,5,8-15,18,20-23H2,1H3/t27-,39+/m1/s1. The number of fused-ring (bicyclic) bond motifs is 2. The molecule has 5 heterocycles. The van der Waals surface area contributed by atoms with E-state index in [0.29, 0.717) is 66.3 Å². The number of hydrogen-bond donors (Lipinski definition) is 0. The zero-order chi connectivity index (χ0) is 35.8. The highest BCUT2D eigenvalue weighted by Crippen LogP contribution is 2.49. The predicted molar refractivity (Wildman–Crippen MR) is 191 cm³/mol. The average molecular weight is 734 g/mol. The zero-order valence-corrected chi connectivity index (χ0v) is 29.9. The van der Waals surface area contributed by atoms with Crippen LogP contribution in [0.25, 0.3) is 22.2 Å². The van der Waals surface area contributed by atoms with Gasteiger partial charge in [-0.2, -0.15) is 9.97 Å². The molecule has 3 saturated heterocycles. The lowest BCUT2D eigenvalue weighted by Gasteiger charge is -2.32. The average Bonchev–Trinajstić information content (AvgIpc) is 3.85. The van der Waals surface area contributed by atoms with Crippen LogP contribution in [0.1, 0.15) is 73.6 Å². The van der Waals surface area contributed by atoms with Gasteiger partial charge in [0.25, 0.3) is 0 Å². The van der Waals surface area contributed by atoms with Gasteiger partial charge in [0.1, 0.15) is 36.3 Å². The number of piperidine rings is 1. The molecule has 13 heteroatoms. The fraction of sp³-hybridized carbons (Fsp3) is 0.487. The lowest BCUT2D eigenvalue weighted by atomic mass is 9.91. The molecule has 1 aliphatic carbocycles. The van der Waals surface area contributed by atoms with Crippen molar-refractivity contribution in [2.45, 2.75) is 75.1 Å². The third-order valence-corrected chi connectivity index (χ3v) is 11.3. The molecular weight excluding hydrogens is 692 g/mol. The van der Waals surface area contributed by atoms with Gasteiger partial charge in [0.2, 0.25) is 0 Å². The first-order valence-electron chi connectivity index (χ1n) is 18.1. The van der Waals surface area contributed by atoms with Crippen LogP contribution in [-0.4, -0.2) is 89.2 Å². The van der Waals surface area contributed by atoms with Gasteiger partial charge in [0, 0.05) is 61.3 Å². The highest BCUT2D eigenvalue weighted by molar-refractivity contribution is 6.32. The van der Waals surface area contributed by atoms with Crippen LogP contribution in [0, 0.1) is 5.82 Å². The van der Waals surface area contributed by atoms with Crippen LogP contribution >= 0.6 is 11.6 Å². The lowest BCUT2D eigenvalue weighted by Crippen LogP contribution is -2.43. The highest BCUT2D eigenvalue weighted by Gasteiger charge is 2.49. The number of likely N-dealkylation sites (tertiary alicyclic amines) is 1. The van der Waals surface area contributed by atoms with Crippen LogP contribution in [0.4, 0.5) is 13.6 Å². The summed E-state index contributed by atoms with van der Waals surface area (Å²) in [5.41, 5.74) is 2.68. The van der Waals surface area contributed by atoms with Gasteiger partial charge >= 0.3 is 12.1 Å². The SMILES string of the molecule is COCOc1cc(Cl)c(C2CC2)c(-c2ncc3c(C4CCN(C(=O)OCc5ccccc5)CC4)nc(OC[C@@]45CCCN4C[C@H](F)C5)nc3c2F)c1. The van der Waals surface area contributed by atoms with E-state index in [4.69, 9.17) is 35.5 Å². The Morgan fingerprint density at radius 2 is 1.85 bits per heavy atom. The second-order valence-electron chi connectivity index (χ2n) is 14.4. The van der Waals surface area contributed by atoms with Crippen LogP contribution in [0.2, 0.25) is 5.02 Å². The summed E-state index contributed by atoms with van der Waals surface area (Å²) in [6.45, 7) is 2.52. The van der Waals surface area contributed by atoms with Gasteiger partial charge in [-0.05, 0) is 74.2 Å². The fourth-order valence-corrected chi connectivity index (χ4v) is 8.56. The van der Waals surface area contributed by atoms with Crippen LogP contribution in [0.3, 0.4) is 0 Å². The normalized spacial score (nSPS) is 22.2. The van der Waals surface area contributed by atoms with E-state index in [1.165, 1.54) is 7.11 Å². The summed E-state index contributed by atoms with van der Waals surface area (Å²) in [6.07, 6.45) is 5.57. The Bertz CT molecular complexity index is 1940. The Morgan fingerprint density at radius 3 is 2.62 bits per heavy atom. The second kappa shape index (κ2) is 14.7.